The molecule has 2 atom stereocenters. The molecule has 0 unspecified atom stereocenters. The molecule has 1 saturated carbocycles. The second kappa shape index (κ2) is 6.39. The van der Waals surface area contributed by atoms with E-state index in [9.17, 15) is 24.6 Å². The molecule has 0 radical (unpaired) electrons. The van der Waals surface area contributed by atoms with E-state index in [0.717, 1.165) is 12.8 Å². The molecule has 1 aromatic rings. The van der Waals surface area contributed by atoms with Crippen molar-refractivity contribution in [3.05, 3.63) is 29.8 Å². The molecule has 0 aromatic heterocycles. The van der Waals surface area contributed by atoms with Gasteiger partial charge in [-0.15, -0.1) is 0 Å². The predicted molar refractivity (Wildman–Crippen MR) is 69.9 cm³/mol. The Balaban J connectivity index is 2.17. The van der Waals surface area contributed by atoms with Gasteiger partial charge >= 0.3 is 0 Å². The monoisotopic (exact) mass is 289 g/mol. The van der Waals surface area contributed by atoms with Gasteiger partial charge in [-0.3, -0.25) is 4.79 Å². The SMILES string of the molecule is O=C([O-])c1ccccc1NC(=O)[C@@H]1CCCC[C@@H]1C(=O)[O-]. The number of para-hydroxylation sites is 1. The maximum atomic E-state index is 12.2. The molecule has 0 aliphatic heterocycles. The first-order valence-electron chi connectivity index (χ1n) is 6.83. The molecule has 112 valence electrons. The number of benzene rings is 1. The molecular weight excluding hydrogens is 274 g/mol. The van der Waals surface area contributed by atoms with Crippen LogP contribution in [0.25, 0.3) is 0 Å². The van der Waals surface area contributed by atoms with E-state index in [4.69, 9.17) is 0 Å². The molecular formula is C15H15NO5-2. The maximum absolute atomic E-state index is 12.2. The van der Waals surface area contributed by atoms with Gasteiger partial charge in [-0.1, -0.05) is 31.0 Å². The molecule has 0 spiro atoms. The summed E-state index contributed by atoms with van der Waals surface area (Å²) >= 11 is 0. The molecule has 6 nitrogen and oxygen atoms in total. The minimum Gasteiger partial charge on any atom is -0.550 e. The van der Waals surface area contributed by atoms with Crippen LogP contribution in [0.1, 0.15) is 36.0 Å². The van der Waals surface area contributed by atoms with Gasteiger partial charge in [-0.2, -0.15) is 0 Å². The second-order valence-corrected chi connectivity index (χ2v) is 5.14. The number of anilines is 1. The zero-order valence-corrected chi connectivity index (χ0v) is 11.3. The van der Waals surface area contributed by atoms with E-state index in [1.807, 2.05) is 0 Å². The average Bonchev–Trinajstić information content (AvgIpc) is 2.47. The Labute approximate surface area is 121 Å². The summed E-state index contributed by atoms with van der Waals surface area (Å²) in [5, 5.41) is 24.6. The quantitative estimate of drug-likeness (QED) is 0.807. The van der Waals surface area contributed by atoms with Gasteiger partial charge in [0.25, 0.3) is 0 Å². The number of aromatic carboxylic acids is 1. The van der Waals surface area contributed by atoms with Gasteiger partial charge in [0, 0.05) is 29.1 Å². The van der Waals surface area contributed by atoms with Crippen LogP contribution in [0.15, 0.2) is 24.3 Å². The van der Waals surface area contributed by atoms with Crippen LogP contribution >= 0.6 is 0 Å². The molecule has 1 aromatic carbocycles. The van der Waals surface area contributed by atoms with Crippen LogP contribution in [-0.2, 0) is 9.59 Å². The summed E-state index contributed by atoms with van der Waals surface area (Å²) in [6.45, 7) is 0. The van der Waals surface area contributed by atoms with E-state index in [2.05, 4.69) is 5.32 Å². The van der Waals surface area contributed by atoms with E-state index in [0.29, 0.717) is 12.8 Å². The number of hydrogen-bond donors (Lipinski definition) is 1. The Kier molecular flexibility index (Phi) is 4.57. The normalized spacial score (nSPS) is 21.5. The lowest BCUT2D eigenvalue weighted by Crippen LogP contribution is -2.42. The minimum absolute atomic E-state index is 0.116. The molecule has 1 amide bonds. The van der Waals surface area contributed by atoms with Gasteiger partial charge in [0.05, 0.1) is 5.97 Å². The molecule has 0 saturated heterocycles. The van der Waals surface area contributed by atoms with Crippen LogP contribution in [0.3, 0.4) is 0 Å². The standard InChI is InChI=1S/C15H17NO5/c17-13(9-5-1-2-6-10(9)14(18)19)16-12-8-4-3-7-11(12)15(20)21/h3-4,7-10H,1-2,5-6H2,(H,16,17)(H,18,19)(H,20,21)/p-2/t9-,10+/m1/s1. The van der Waals surface area contributed by atoms with Crippen molar-refractivity contribution in [3.63, 3.8) is 0 Å². The third-order valence-corrected chi connectivity index (χ3v) is 3.81. The average molecular weight is 289 g/mol. The molecule has 6 heteroatoms. The molecule has 1 aliphatic carbocycles. The van der Waals surface area contributed by atoms with Crippen LogP contribution in [0.2, 0.25) is 0 Å². The Morgan fingerprint density at radius 1 is 1.00 bits per heavy atom. The van der Waals surface area contributed by atoms with Crippen LogP contribution in [0.4, 0.5) is 5.69 Å². The number of hydrogen-bond acceptors (Lipinski definition) is 5. The highest BCUT2D eigenvalue weighted by Gasteiger charge is 2.32. The van der Waals surface area contributed by atoms with Crippen molar-refractivity contribution in [2.75, 3.05) is 5.32 Å². The minimum atomic E-state index is -1.40. The van der Waals surface area contributed by atoms with Gasteiger partial charge in [-0.05, 0) is 18.9 Å². The van der Waals surface area contributed by atoms with Crippen molar-refractivity contribution in [1.29, 1.82) is 0 Å². The van der Waals surface area contributed by atoms with Gasteiger partial charge in [0.2, 0.25) is 5.91 Å². The van der Waals surface area contributed by atoms with Crippen LogP contribution < -0.4 is 15.5 Å². The first kappa shape index (κ1) is 15.0. The fourth-order valence-corrected chi connectivity index (χ4v) is 2.72. The van der Waals surface area contributed by atoms with Gasteiger partial charge in [0.15, 0.2) is 0 Å². The summed E-state index contributed by atoms with van der Waals surface area (Å²) in [6.07, 6.45) is 2.38. The largest absolute Gasteiger partial charge is 0.550 e. The fraction of sp³-hybridized carbons (Fsp3) is 0.400. The fourth-order valence-electron chi connectivity index (χ4n) is 2.72. The van der Waals surface area contributed by atoms with Crippen LogP contribution in [-0.4, -0.2) is 17.8 Å². The topological polar surface area (TPSA) is 109 Å². The molecule has 2 rings (SSSR count). The van der Waals surface area contributed by atoms with Crippen LogP contribution in [0, 0.1) is 11.8 Å². The van der Waals surface area contributed by atoms with E-state index in [1.165, 1.54) is 18.2 Å². The number of carbonyl (C=O) groups excluding carboxylic acids is 3. The van der Waals surface area contributed by atoms with E-state index >= 15 is 0 Å². The Morgan fingerprint density at radius 3 is 2.24 bits per heavy atom. The first-order chi connectivity index (χ1) is 10.0. The number of amides is 1. The summed E-state index contributed by atoms with van der Waals surface area (Å²) in [6, 6.07) is 5.87. The number of nitrogens with one attached hydrogen (secondary N) is 1. The maximum Gasteiger partial charge on any atom is 0.228 e. The summed E-state index contributed by atoms with van der Waals surface area (Å²) in [7, 11) is 0. The van der Waals surface area contributed by atoms with Crippen LogP contribution in [0.5, 0.6) is 0 Å². The van der Waals surface area contributed by atoms with E-state index in [1.54, 1.807) is 6.07 Å². The highest BCUT2D eigenvalue weighted by Crippen LogP contribution is 2.31. The van der Waals surface area contributed by atoms with E-state index in [-0.39, 0.29) is 11.3 Å². The molecule has 0 bridgehead atoms. The molecule has 0 heterocycles. The lowest BCUT2D eigenvalue weighted by molar-refractivity contribution is -0.313. The molecule has 21 heavy (non-hydrogen) atoms. The molecule has 1 aliphatic rings. The number of carboxylic acids is 2. The Hall–Kier alpha value is -2.37. The van der Waals surface area contributed by atoms with Gasteiger partial charge in [-0.25, -0.2) is 0 Å². The molecule has 1 N–H and O–H groups in total. The highest BCUT2D eigenvalue weighted by atomic mass is 16.4. The third kappa shape index (κ3) is 3.39. The summed E-state index contributed by atoms with van der Waals surface area (Å²) in [4.78, 5) is 34.3. The van der Waals surface area contributed by atoms with Gasteiger partial charge in [0.1, 0.15) is 0 Å². The number of rotatable bonds is 4. The van der Waals surface area contributed by atoms with Crippen molar-refractivity contribution >= 4 is 23.5 Å². The lowest BCUT2D eigenvalue weighted by atomic mass is 9.78. The second-order valence-electron chi connectivity index (χ2n) is 5.14. The smallest absolute Gasteiger partial charge is 0.228 e. The number of carbonyl (C=O) groups is 3. The van der Waals surface area contributed by atoms with Crippen molar-refractivity contribution in [2.45, 2.75) is 25.7 Å². The van der Waals surface area contributed by atoms with Crippen molar-refractivity contribution in [1.82, 2.24) is 0 Å². The molecule has 1 fully saturated rings. The Morgan fingerprint density at radius 2 is 1.62 bits per heavy atom. The van der Waals surface area contributed by atoms with E-state index < -0.39 is 29.7 Å². The summed E-state index contributed by atoms with van der Waals surface area (Å²) < 4.78 is 0. The summed E-state index contributed by atoms with van der Waals surface area (Å²) in [5.74, 6) is -4.64. The van der Waals surface area contributed by atoms with Gasteiger partial charge < -0.3 is 25.1 Å². The zero-order valence-electron chi connectivity index (χ0n) is 11.3. The summed E-state index contributed by atoms with van der Waals surface area (Å²) in [5.41, 5.74) is -0.0168. The zero-order chi connectivity index (χ0) is 15.4. The number of carboxylic acid groups (broad SMARTS) is 2. The Bertz CT molecular complexity index is 569. The van der Waals surface area contributed by atoms with Crippen molar-refractivity contribution in [2.24, 2.45) is 11.8 Å². The third-order valence-electron chi connectivity index (χ3n) is 3.81. The van der Waals surface area contributed by atoms with Crippen molar-refractivity contribution in [3.8, 4) is 0 Å². The highest BCUT2D eigenvalue weighted by molar-refractivity contribution is 6.01. The lowest BCUT2D eigenvalue weighted by Gasteiger charge is -2.31. The first-order valence-corrected chi connectivity index (χ1v) is 6.83. The number of aliphatic carboxylic acids is 1. The van der Waals surface area contributed by atoms with Crippen molar-refractivity contribution < 1.29 is 24.6 Å². The predicted octanol–water partition coefficient (Wildman–Crippen LogP) is -0.455.